The van der Waals surface area contributed by atoms with Crippen LogP contribution in [0.2, 0.25) is 0 Å². The normalized spacial score (nSPS) is 22.8. The maximum atomic E-state index is 9.96. The van der Waals surface area contributed by atoms with Crippen molar-refractivity contribution in [2.45, 2.75) is 31.4 Å². The van der Waals surface area contributed by atoms with Gasteiger partial charge in [0, 0.05) is 10.1 Å². The second-order valence-electron chi connectivity index (χ2n) is 6.20. The van der Waals surface area contributed by atoms with E-state index >= 15 is 0 Å². The number of anilines is 1. The van der Waals surface area contributed by atoms with Gasteiger partial charge in [0.15, 0.2) is 11.5 Å². The van der Waals surface area contributed by atoms with Crippen LogP contribution in [0.3, 0.4) is 0 Å². The highest BCUT2D eigenvalue weighted by atomic mass is 127. The predicted octanol–water partition coefficient (Wildman–Crippen LogP) is 1.16. The molecule has 136 valence electrons. The number of rotatable bonds is 5. The van der Waals surface area contributed by atoms with E-state index in [0.717, 1.165) is 5.56 Å². The van der Waals surface area contributed by atoms with Gasteiger partial charge in [-0.05, 0) is 40.3 Å². The first-order valence-electron chi connectivity index (χ1n) is 8.23. The summed E-state index contributed by atoms with van der Waals surface area (Å²) in [5.74, 6) is 0.653. The smallest absolute Gasteiger partial charge is 0.165 e. The van der Waals surface area contributed by atoms with Crippen molar-refractivity contribution in [2.24, 2.45) is 0 Å². The van der Waals surface area contributed by atoms with Gasteiger partial charge in [-0.25, -0.2) is 15.0 Å². The molecule has 1 fully saturated rings. The maximum Gasteiger partial charge on any atom is 0.165 e. The lowest BCUT2D eigenvalue weighted by molar-refractivity contribution is 0.0157. The van der Waals surface area contributed by atoms with E-state index in [0.29, 0.717) is 30.1 Å². The van der Waals surface area contributed by atoms with Crippen LogP contribution in [0.1, 0.15) is 5.56 Å². The fourth-order valence-electron chi connectivity index (χ4n) is 3.00. The summed E-state index contributed by atoms with van der Waals surface area (Å²) in [7, 11) is 0. The van der Waals surface area contributed by atoms with Crippen molar-refractivity contribution in [1.29, 1.82) is 0 Å². The van der Waals surface area contributed by atoms with Crippen LogP contribution in [0.5, 0.6) is 0 Å². The molecule has 2 aromatic heterocycles. The average molecular weight is 467 g/mol. The minimum absolute atomic E-state index is 0.135. The SMILES string of the molecule is O[C@@H]1[C@H](O)CO[C@H]1Cn1cnc2c(NCc3cccc(I)c3)ncnc21. The lowest BCUT2D eigenvalue weighted by Gasteiger charge is -2.15. The summed E-state index contributed by atoms with van der Waals surface area (Å²) in [5, 5.41) is 22.9. The highest BCUT2D eigenvalue weighted by molar-refractivity contribution is 14.1. The zero-order valence-electron chi connectivity index (χ0n) is 13.8. The molecule has 26 heavy (non-hydrogen) atoms. The number of imidazole rings is 1. The minimum atomic E-state index is -0.910. The Kier molecular flexibility index (Phi) is 5.02. The van der Waals surface area contributed by atoms with Crippen molar-refractivity contribution in [2.75, 3.05) is 11.9 Å². The monoisotopic (exact) mass is 467 g/mol. The summed E-state index contributed by atoms with van der Waals surface area (Å²) in [6, 6.07) is 8.22. The zero-order valence-corrected chi connectivity index (χ0v) is 15.9. The quantitative estimate of drug-likeness (QED) is 0.484. The van der Waals surface area contributed by atoms with E-state index in [1.54, 1.807) is 10.9 Å². The van der Waals surface area contributed by atoms with E-state index in [1.165, 1.54) is 9.90 Å². The number of hydrogen-bond acceptors (Lipinski definition) is 7. The van der Waals surface area contributed by atoms with E-state index in [-0.39, 0.29) is 6.61 Å². The molecule has 0 unspecified atom stereocenters. The van der Waals surface area contributed by atoms with Gasteiger partial charge in [0.05, 0.1) is 19.5 Å². The number of hydrogen-bond donors (Lipinski definition) is 3. The third kappa shape index (κ3) is 3.52. The third-order valence-corrected chi connectivity index (χ3v) is 5.05. The molecule has 0 radical (unpaired) electrons. The first kappa shape index (κ1) is 17.6. The second kappa shape index (κ2) is 7.43. The average Bonchev–Trinajstić information content (AvgIpc) is 3.19. The fraction of sp³-hybridized carbons (Fsp3) is 0.353. The zero-order chi connectivity index (χ0) is 18.1. The molecule has 0 aliphatic carbocycles. The van der Waals surface area contributed by atoms with Crippen LogP contribution < -0.4 is 5.32 Å². The van der Waals surface area contributed by atoms with E-state index < -0.39 is 18.3 Å². The molecule has 1 saturated heterocycles. The van der Waals surface area contributed by atoms with Crippen molar-refractivity contribution in [3.8, 4) is 0 Å². The number of benzene rings is 1. The molecule has 0 saturated carbocycles. The van der Waals surface area contributed by atoms with Gasteiger partial charge in [0.25, 0.3) is 0 Å². The van der Waals surface area contributed by atoms with Crippen LogP contribution in [0.4, 0.5) is 5.82 Å². The van der Waals surface area contributed by atoms with Crippen molar-refractivity contribution >= 4 is 39.6 Å². The molecule has 3 atom stereocenters. The summed E-state index contributed by atoms with van der Waals surface area (Å²) in [6.07, 6.45) is 0.887. The maximum absolute atomic E-state index is 9.96. The lowest BCUT2D eigenvalue weighted by atomic mass is 10.1. The minimum Gasteiger partial charge on any atom is -0.388 e. The van der Waals surface area contributed by atoms with Gasteiger partial charge >= 0.3 is 0 Å². The van der Waals surface area contributed by atoms with E-state index in [4.69, 9.17) is 4.74 Å². The van der Waals surface area contributed by atoms with Gasteiger partial charge in [-0.3, -0.25) is 0 Å². The van der Waals surface area contributed by atoms with E-state index in [2.05, 4.69) is 55.0 Å². The lowest BCUT2D eigenvalue weighted by Crippen LogP contribution is -2.32. The molecule has 3 heterocycles. The van der Waals surface area contributed by atoms with Crippen LogP contribution in [0.15, 0.2) is 36.9 Å². The van der Waals surface area contributed by atoms with Crippen LogP contribution in [0.25, 0.3) is 11.2 Å². The Morgan fingerprint density at radius 1 is 1.27 bits per heavy atom. The highest BCUT2D eigenvalue weighted by Crippen LogP contribution is 2.21. The summed E-state index contributed by atoms with van der Waals surface area (Å²) in [4.78, 5) is 13.0. The molecule has 9 heteroatoms. The molecule has 0 spiro atoms. The van der Waals surface area contributed by atoms with Crippen molar-refractivity contribution in [1.82, 2.24) is 19.5 Å². The molecule has 1 aromatic carbocycles. The highest BCUT2D eigenvalue weighted by Gasteiger charge is 2.35. The summed E-state index contributed by atoms with van der Waals surface area (Å²) in [6.45, 7) is 1.13. The van der Waals surface area contributed by atoms with E-state index in [9.17, 15) is 10.2 Å². The molecular weight excluding hydrogens is 449 g/mol. The van der Waals surface area contributed by atoms with Gasteiger partial charge in [-0.2, -0.15) is 0 Å². The molecular formula is C17H18IN5O3. The first-order valence-corrected chi connectivity index (χ1v) is 9.31. The topological polar surface area (TPSA) is 105 Å². The van der Waals surface area contributed by atoms with Crippen molar-refractivity contribution < 1.29 is 14.9 Å². The van der Waals surface area contributed by atoms with Crippen LogP contribution in [0, 0.1) is 3.57 Å². The number of aliphatic hydroxyl groups is 2. The number of ether oxygens (including phenoxy) is 1. The van der Waals surface area contributed by atoms with Gasteiger partial charge in [-0.1, -0.05) is 12.1 Å². The fourth-order valence-corrected chi connectivity index (χ4v) is 3.61. The number of aromatic nitrogens is 4. The van der Waals surface area contributed by atoms with E-state index in [1.807, 2.05) is 12.1 Å². The predicted molar refractivity (Wildman–Crippen MR) is 104 cm³/mol. The van der Waals surface area contributed by atoms with Crippen molar-refractivity contribution in [3.63, 3.8) is 0 Å². The number of halogens is 1. The molecule has 4 rings (SSSR count). The van der Waals surface area contributed by atoms with Crippen LogP contribution >= 0.6 is 22.6 Å². The second-order valence-corrected chi connectivity index (χ2v) is 7.45. The molecule has 0 amide bonds. The Balaban J connectivity index is 1.53. The molecule has 3 aromatic rings. The largest absolute Gasteiger partial charge is 0.388 e. The van der Waals surface area contributed by atoms with Gasteiger partial charge in [0.1, 0.15) is 30.2 Å². The Hall–Kier alpha value is -1.82. The van der Waals surface area contributed by atoms with Gasteiger partial charge in [0.2, 0.25) is 0 Å². The molecule has 1 aliphatic heterocycles. The number of nitrogens with one attached hydrogen (secondary N) is 1. The standard InChI is InChI=1S/C17H18IN5O3/c18-11-3-1-2-10(4-11)5-19-16-14-17(21-8-20-16)23(9-22-14)6-13-15(25)12(24)7-26-13/h1-4,8-9,12-13,15,24-25H,5-7H2,(H,19,20,21)/t12-,13+,15-/m1/s1. The Morgan fingerprint density at radius 2 is 2.15 bits per heavy atom. The Bertz CT molecular complexity index is 918. The van der Waals surface area contributed by atoms with Crippen LogP contribution in [-0.2, 0) is 17.8 Å². The number of nitrogens with zero attached hydrogens (tertiary/aromatic N) is 4. The van der Waals surface area contributed by atoms with Gasteiger partial charge < -0.3 is 24.8 Å². The molecule has 0 bridgehead atoms. The van der Waals surface area contributed by atoms with Crippen LogP contribution in [-0.4, -0.2) is 54.7 Å². The molecule has 1 aliphatic rings. The Morgan fingerprint density at radius 3 is 2.92 bits per heavy atom. The number of aliphatic hydroxyl groups excluding tert-OH is 2. The van der Waals surface area contributed by atoms with Gasteiger partial charge in [-0.15, -0.1) is 0 Å². The first-order chi connectivity index (χ1) is 12.6. The third-order valence-electron chi connectivity index (χ3n) is 4.38. The Labute approximate surface area is 163 Å². The van der Waals surface area contributed by atoms with Crippen molar-refractivity contribution in [3.05, 3.63) is 46.1 Å². The summed E-state index contributed by atoms with van der Waals surface area (Å²) in [5.41, 5.74) is 2.47. The molecule has 8 nitrogen and oxygen atoms in total. The summed E-state index contributed by atoms with van der Waals surface area (Å²) >= 11 is 2.28. The summed E-state index contributed by atoms with van der Waals surface area (Å²) < 4.78 is 8.42. The number of fused-ring (bicyclic) bond motifs is 1. The molecule has 3 N–H and O–H groups in total.